The summed E-state index contributed by atoms with van der Waals surface area (Å²) in [5, 5.41) is 0. The van der Waals surface area contributed by atoms with Crippen molar-refractivity contribution in [1.82, 2.24) is 9.62 Å². The molecule has 1 heterocycles. The van der Waals surface area contributed by atoms with Crippen LogP contribution in [0.5, 0.6) is 0 Å². The van der Waals surface area contributed by atoms with E-state index >= 15 is 0 Å². The molecule has 0 fully saturated rings. The van der Waals surface area contributed by atoms with E-state index in [-0.39, 0.29) is 17.5 Å². The molecule has 1 aliphatic heterocycles. The number of nitrogens with one attached hydrogen (secondary N) is 1. The van der Waals surface area contributed by atoms with Gasteiger partial charge in [0.2, 0.25) is 0 Å². The number of hydrogen-bond acceptors (Lipinski definition) is 6. The lowest BCUT2D eigenvalue weighted by Crippen LogP contribution is -2.22. The minimum atomic E-state index is -3.52. The summed E-state index contributed by atoms with van der Waals surface area (Å²) in [6.07, 6.45) is 1.77. The molecule has 0 aliphatic carbocycles. The molecule has 0 saturated carbocycles. The predicted octanol–water partition coefficient (Wildman–Crippen LogP) is 3.63. The Morgan fingerprint density at radius 3 is 2.41 bits per heavy atom. The van der Waals surface area contributed by atoms with E-state index in [2.05, 4.69) is 35.5 Å². The number of carbonyl (C=O) groups excluding carboxylic acids is 1. The van der Waals surface area contributed by atoms with E-state index in [9.17, 15) is 13.2 Å². The number of aryl methyl sites for hydroxylation is 1. The second-order valence-electron chi connectivity index (χ2n) is 7.58. The van der Waals surface area contributed by atoms with Crippen LogP contribution in [-0.4, -0.2) is 58.4 Å². The molecule has 7 nitrogen and oxygen atoms in total. The van der Waals surface area contributed by atoms with Crippen molar-refractivity contribution in [2.75, 3.05) is 33.3 Å². The van der Waals surface area contributed by atoms with Crippen LogP contribution in [0.3, 0.4) is 0 Å². The van der Waals surface area contributed by atoms with Crippen LogP contribution in [0.25, 0.3) is 0 Å². The van der Waals surface area contributed by atoms with Gasteiger partial charge in [0.1, 0.15) is 5.84 Å². The third-order valence-corrected chi connectivity index (χ3v) is 6.30. The van der Waals surface area contributed by atoms with Crippen LogP contribution in [0, 0.1) is 6.92 Å². The Balaban J connectivity index is 0.000000451. The van der Waals surface area contributed by atoms with Gasteiger partial charge in [-0.3, -0.25) is 9.71 Å². The van der Waals surface area contributed by atoms with Crippen LogP contribution in [-0.2, 0) is 14.8 Å². The number of carbonyl (C=O) groups is 1. The lowest BCUT2D eigenvalue weighted by molar-refractivity contribution is 0.0503. The van der Waals surface area contributed by atoms with Crippen LogP contribution >= 0.6 is 0 Å². The molecule has 3 rings (SSSR count). The molecule has 8 heteroatoms. The second-order valence-corrected chi connectivity index (χ2v) is 9.23. The summed E-state index contributed by atoms with van der Waals surface area (Å²) in [6.45, 7) is 9.31. The van der Waals surface area contributed by atoms with Crippen LogP contribution in [0.15, 0.2) is 58.4 Å². The number of aliphatic imine (C=N–C) groups is 1. The van der Waals surface area contributed by atoms with Crippen LogP contribution in [0.4, 0.5) is 0 Å². The minimum absolute atomic E-state index is 0.220. The maximum Gasteiger partial charge on any atom is 0.338 e. The lowest BCUT2D eigenvalue weighted by atomic mass is 10.1. The van der Waals surface area contributed by atoms with Gasteiger partial charge in [-0.2, -0.15) is 0 Å². The number of hydrogen-bond donors (Lipinski definition) is 1. The van der Waals surface area contributed by atoms with Crippen molar-refractivity contribution < 1.29 is 17.9 Å². The highest BCUT2D eigenvalue weighted by Crippen LogP contribution is 2.22. The summed E-state index contributed by atoms with van der Waals surface area (Å²) in [7, 11) is -1.37. The first kappa shape index (κ1) is 25.5. The van der Waals surface area contributed by atoms with Gasteiger partial charge in [-0.25, -0.2) is 13.2 Å². The fourth-order valence-corrected chi connectivity index (χ4v) is 4.24. The van der Waals surface area contributed by atoms with Gasteiger partial charge in [0.25, 0.3) is 10.0 Å². The fourth-order valence-electron chi connectivity index (χ4n) is 2.98. The average Bonchev–Trinajstić information content (AvgIpc) is 3.04. The zero-order chi connectivity index (χ0) is 23.6. The second kappa shape index (κ2) is 12.4. The molecule has 2 aromatic rings. The normalized spacial score (nSPS) is 15.0. The maximum absolute atomic E-state index is 12.0. The van der Waals surface area contributed by atoms with Crippen molar-refractivity contribution >= 4 is 21.8 Å². The Labute approximate surface area is 191 Å². The molecule has 1 N–H and O–H groups in total. The van der Waals surface area contributed by atoms with Crippen LogP contribution < -0.4 is 4.72 Å². The highest BCUT2D eigenvalue weighted by atomic mass is 32.2. The minimum Gasteiger partial charge on any atom is -0.462 e. The van der Waals surface area contributed by atoms with E-state index in [0.717, 1.165) is 5.56 Å². The highest BCUT2D eigenvalue weighted by molar-refractivity contribution is 7.90. The van der Waals surface area contributed by atoms with Crippen LogP contribution in [0.2, 0.25) is 0 Å². The molecule has 0 aromatic heterocycles. The molecule has 0 bridgehead atoms. The Morgan fingerprint density at radius 2 is 1.78 bits per heavy atom. The first-order valence-electron chi connectivity index (χ1n) is 10.9. The van der Waals surface area contributed by atoms with Gasteiger partial charge in [0.15, 0.2) is 0 Å². The van der Waals surface area contributed by atoms with E-state index in [4.69, 9.17) is 4.74 Å². The van der Waals surface area contributed by atoms with Crippen molar-refractivity contribution in [3.8, 4) is 0 Å². The summed E-state index contributed by atoms with van der Waals surface area (Å²) in [6, 6.07) is 13.8. The van der Waals surface area contributed by atoms with Crippen molar-refractivity contribution in [2.24, 2.45) is 4.99 Å². The number of rotatable bonds is 8. The third-order valence-electron chi connectivity index (χ3n) is 4.90. The molecular weight excluding hydrogens is 426 g/mol. The van der Waals surface area contributed by atoms with Gasteiger partial charge in [0, 0.05) is 18.5 Å². The summed E-state index contributed by atoms with van der Waals surface area (Å²) >= 11 is 0. The van der Waals surface area contributed by atoms with E-state index in [1.807, 2.05) is 19.1 Å². The van der Waals surface area contributed by atoms with Gasteiger partial charge >= 0.3 is 5.97 Å². The largest absolute Gasteiger partial charge is 0.462 e. The molecule has 0 amide bonds. The zero-order valence-electron chi connectivity index (χ0n) is 19.3. The first-order chi connectivity index (χ1) is 15.3. The number of nitrogens with zero attached hydrogens (tertiary/aromatic N) is 2. The topological polar surface area (TPSA) is 88.1 Å². The number of sulfonamides is 1. The van der Waals surface area contributed by atoms with Crippen molar-refractivity contribution in [1.29, 1.82) is 0 Å². The zero-order valence-corrected chi connectivity index (χ0v) is 20.1. The molecule has 0 atom stereocenters. The van der Waals surface area contributed by atoms with E-state index in [0.29, 0.717) is 29.9 Å². The monoisotopic (exact) mass is 459 g/mol. The summed E-state index contributed by atoms with van der Waals surface area (Å²) in [5.74, 6) is -0.0416. The molecule has 2 aromatic carbocycles. The van der Waals surface area contributed by atoms with E-state index in [1.54, 1.807) is 36.4 Å². The molecule has 32 heavy (non-hydrogen) atoms. The number of ether oxygens (including phenoxy) is 1. The Kier molecular flexibility index (Phi) is 9.87. The summed E-state index contributed by atoms with van der Waals surface area (Å²) in [5.41, 5.74) is 2.15. The molecular formula is C24H33N3O4S. The van der Waals surface area contributed by atoms with Gasteiger partial charge in [-0.1, -0.05) is 43.7 Å². The van der Waals surface area contributed by atoms with Crippen molar-refractivity contribution in [3.05, 3.63) is 65.2 Å². The molecule has 0 spiro atoms. The third kappa shape index (κ3) is 7.46. The number of esters is 1. The number of fused-ring (bicyclic) bond motifs is 1. The van der Waals surface area contributed by atoms with Gasteiger partial charge in [0.05, 0.1) is 17.1 Å². The molecule has 0 saturated heterocycles. The first-order valence-corrected chi connectivity index (χ1v) is 12.4. The SMILES string of the molecule is CCCN(C)CC.Cc1ccc(C(=O)OCCCN=C2NS(=O)(=O)c3ccccc32)cc1. The lowest BCUT2D eigenvalue weighted by Gasteiger charge is -2.10. The summed E-state index contributed by atoms with van der Waals surface area (Å²) < 4.78 is 31.6. The fraction of sp³-hybridized carbons (Fsp3) is 0.417. The standard InChI is InChI=1S/C18H18N2O4S.C6H15N/c1-13-7-9-14(10-8-13)18(21)24-12-4-11-19-17-15-5-2-3-6-16(15)25(22,23)20-17;1-4-6-7(3)5-2/h2-3,5-10H,4,11-12H2,1H3,(H,19,20);4-6H2,1-3H3. The van der Waals surface area contributed by atoms with Crippen molar-refractivity contribution in [2.45, 2.75) is 38.5 Å². The summed E-state index contributed by atoms with van der Waals surface area (Å²) in [4.78, 5) is 18.7. The van der Waals surface area contributed by atoms with Gasteiger partial charge < -0.3 is 9.64 Å². The van der Waals surface area contributed by atoms with E-state index < -0.39 is 10.0 Å². The van der Waals surface area contributed by atoms with Crippen molar-refractivity contribution in [3.63, 3.8) is 0 Å². The average molecular weight is 460 g/mol. The Bertz CT molecular complexity index is 1020. The maximum atomic E-state index is 12.0. The van der Waals surface area contributed by atoms with Gasteiger partial charge in [-0.05, 0) is 57.7 Å². The predicted molar refractivity (Wildman–Crippen MR) is 128 cm³/mol. The van der Waals surface area contributed by atoms with Gasteiger partial charge in [-0.15, -0.1) is 0 Å². The highest BCUT2D eigenvalue weighted by Gasteiger charge is 2.29. The molecule has 174 valence electrons. The smallest absolute Gasteiger partial charge is 0.338 e. The van der Waals surface area contributed by atoms with Crippen LogP contribution in [0.1, 0.15) is 48.2 Å². The van der Waals surface area contributed by atoms with E-state index in [1.165, 1.54) is 19.5 Å². The molecule has 0 radical (unpaired) electrons. The Hall–Kier alpha value is -2.71. The number of amidine groups is 1. The Morgan fingerprint density at radius 1 is 1.09 bits per heavy atom. The quantitative estimate of drug-likeness (QED) is 0.481. The number of benzene rings is 2. The molecule has 1 aliphatic rings. The molecule has 0 unspecified atom stereocenters.